The molecule has 4 N–H and O–H groups in total. The molecule has 4 amide bonds. The molecule has 0 heterocycles. The van der Waals surface area contributed by atoms with Crippen molar-refractivity contribution in [1.82, 2.24) is 0 Å². The maximum Gasteiger partial charge on any atom is 0.258 e. The zero-order chi connectivity index (χ0) is 48.1. The Hall–Kier alpha value is -6.43. The molecule has 0 aromatic heterocycles. The molecule has 5 aromatic carbocycles. The molecule has 0 fully saturated rings. The number of benzene rings is 5. The Morgan fingerprint density at radius 3 is 1.41 bits per heavy atom. The lowest BCUT2D eigenvalue weighted by molar-refractivity contribution is -0.127. The molecule has 2 unspecified atom stereocenters. The lowest BCUT2D eigenvalue weighted by atomic mass is 10.1. The van der Waals surface area contributed by atoms with Crippen molar-refractivity contribution in [3.8, 4) is 11.5 Å². The molecule has 0 aliphatic rings. The van der Waals surface area contributed by atoms with Crippen molar-refractivity contribution in [3.05, 3.63) is 129 Å². The molecule has 0 spiro atoms. The number of hydrogen-bond donors (Lipinski definition) is 4. The highest BCUT2D eigenvalue weighted by Gasteiger charge is 2.27. The van der Waals surface area contributed by atoms with Gasteiger partial charge in [-0.15, -0.1) is 34.8 Å². The summed E-state index contributed by atoms with van der Waals surface area (Å²) in [5.41, 5.74) is 2.97. The number of carbonyl (C=O) groups is 6. The smallest absolute Gasteiger partial charge is 0.258 e. The number of rotatable bonds is 19. The van der Waals surface area contributed by atoms with Gasteiger partial charge in [-0.25, -0.2) is 0 Å². The first kappa shape index (κ1) is 50.6. The van der Waals surface area contributed by atoms with Gasteiger partial charge in [0.1, 0.15) is 22.9 Å². The Kier molecular flexibility index (Phi) is 18.1. The van der Waals surface area contributed by atoms with Gasteiger partial charge in [0.2, 0.25) is 12.1 Å². The number of ketones is 2. The minimum atomic E-state index is -1.64. The number of hydrogen-bond acceptors (Lipinski definition) is 12. The zero-order valence-electron chi connectivity index (χ0n) is 35.4. The van der Waals surface area contributed by atoms with Crippen molar-refractivity contribution in [2.75, 3.05) is 35.5 Å². The van der Waals surface area contributed by atoms with E-state index in [9.17, 15) is 28.8 Å². The number of carbonyl (C=O) groups excluding carboxylic acids is 6. The van der Waals surface area contributed by atoms with Crippen molar-refractivity contribution in [2.45, 2.75) is 43.6 Å². The molecule has 342 valence electrons. The van der Waals surface area contributed by atoms with Crippen LogP contribution in [0.25, 0.3) is 0 Å². The maximum absolute atomic E-state index is 13.4. The number of anilines is 4. The molecule has 0 saturated heterocycles. The predicted molar refractivity (Wildman–Crippen MR) is 255 cm³/mol. The molecule has 0 saturated carbocycles. The second kappa shape index (κ2) is 23.7. The van der Waals surface area contributed by atoms with Crippen LogP contribution in [0.4, 0.5) is 34.1 Å². The van der Waals surface area contributed by atoms with Crippen LogP contribution in [0.5, 0.6) is 11.5 Å². The van der Waals surface area contributed by atoms with Crippen molar-refractivity contribution in [3.63, 3.8) is 0 Å². The van der Waals surface area contributed by atoms with Crippen LogP contribution in [-0.4, -0.2) is 61.5 Å². The summed E-state index contributed by atoms with van der Waals surface area (Å²) >= 11 is 31.3. The Morgan fingerprint density at radius 2 is 1.00 bits per heavy atom. The third kappa shape index (κ3) is 13.1. The highest BCUT2D eigenvalue weighted by atomic mass is 35.5. The van der Waals surface area contributed by atoms with E-state index in [1.807, 2.05) is 0 Å². The monoisotopic (exact) mass is 994 g/mol. The Balaban J connectivity index is 1.26. The lowest BCUT2D eigenvalue weighted by Crippen LogP contribution is -2.32. The highest BCUT2D eigenvalue weighted by molar-refractivity contribution is 6.37. The molecule has 5 rings (SSSR count). The van der Waals surface area contributed by atoms with Crippen LogP contribution < -0.4 is 30.7 Å². The van der Waals surface area contributed by atoms with Crippen LogP contribution in [0.2, 0.25) is 10.0 Å². The van der Waals surface area contributed by atoms with Crippen LogP contribution >= 0.6 is 58.0 Å². The fourth-order valence-corrected chi connectivity index (χ4v) is 7.02. The number of nitrogens with one attached hydrogen (secondary N) is 4. The second-order valence-corrected chi connectivity index (χ2v) is 15.6. The Bertz CT molecular complexity index is 2710. The van der Waals surface area contributed by atoms with Crippen LogP contribution in [0.3, 0.4) is 0 Å². The molecular formula is C45H39Cl5N8O8. The van der Waals surface area contributed by atoms with E-state index in [-0.39, 0.29) is 61.6 Å². The van der Waals surface area contributed by atoms with Crippen molar-refractivity contribution >= 4 is 127 Å². The summed E-state index contributed by atoms with van der Waals surface area (Å²) in [4.78, 5) is 78.5. The van der Waals surface area contributed by atoms with Gasteiger partial charge in [-0.05, 0) is 97.3 Å². The van der Waals surface area contributed by atoms with Gasteiger partial charge in [-0.2, -0.15) is 20.5 Å². The number of nitrogens with zero attached hydrogens (tertiary/aromatic N) is 4. The molecule has 5 aromatic rings. The number of halogens is 5. The summed E-state index contributed by atoms with van der Waals surface area (Å²) in [5.74, 6) is -3.06. The quantitative estimate of drug-likeness (QED) is 0.0353. The first-order valence-corrected chi connectivity index (χ1v) is 21.8. The molecule has 0 bridgehead atoms. The van der Waals surface area contributed by atoms with E-state index >= 15 is 0 Å². The summed E-state index contributed by atoms with van der Waals surface area (Å²) in [6, 6.07) is 19.8. The summed E-state index contributed by atoms with van der Waals surface area (Å²) in [6.45, 7) is 2.29. The number of alkyl halides is 3. The van der Waals surface area contributed by atoms with E-state index in [2.05, 4.69) is 41.7 Å². The van der Waals surface area contributed by atoms with E-state index in [0.717, 1.165) is 13.8 Å². The largest absolute Gasteiger partial charge is 0.497 e. The third-order valence-corrected chi connectivity index (χ3v) is 11.0. The molecule has 16 nitrogen and oxygen atoms in total. The lowest BCUT2D eigenvalue weighted by Gasteiger charge is -2.15. The average Bonchev–Trinajstić information content (AvgIpc) is 3.29. The first-order valence-electron chi connectivity index (χ1n) is 19.4. The van der Waals surface area contributed by atoms with Crippen molar-refractivity contribution in [1.29, 1.82) is 0 Å². The molecule has 21 heteroatoms. The van der Waals surface area contributed by atoms with E-state index < -0.39 is 47.3 Å². The maximum atomic E-state index is 13.4. The number of azo groups is 2. The predicted octanol–water partition coefficient (Wildman–Crippen LogP) is 11.1. The van der Waals surface area contributed by atoms with Crippen LogP contribution in [0.1, 0.15) is 51.3 Å². The Morgan fingerprint density at radius 1 is 0.545 bits per heavy atom. The third-order valence-electron chi connectivity index (χ3n) is 9.28. The summed E-state index contributed by atoms with van der Waals surface area (Å²) in [7, 11) is 2.96. The minimum Gasteiger partial charge on any atom is -0.497 e. The van der Waals surface area contributed by atoms with Gasteiger partial charge >= 0.3 is 0 Å². The topological polar surface area (TPSA) is 218 Å². The highest BCUT2D eigenvalue weighted by Crippen LogP contribution is 2.33. The molecule has 2 atom stereocenters. The van der Waals surface area contributed by atoms with Gasteiger partial charge in [-0.1, -0.05) is 35.3 Å². The van der Waals surface area contributed by atoms with Crippen LogP contribution in [0.15, 0.2) is 111 Å². The minimum absolute atomic E-state index is 0.00619. The SMILES string of the molecule is COc1cc(CCl)cc(NC(=O)c2cccc(N=NC(C(C)=O)C(=O)Nc3ccc(NC(=O)C(N=Nc4cccc(C(=O)Nc5cc(CCl)cc(OC)c5)c4Cl)C(C)=O)c(CCl)c3)c2Cl)c1. The van der Waals surface area contributed by atoms with Gasteiger partial charge in [0.15, 0.2) is 11.6 Å². The normalized spacial score (nSPS) is 12.0. The first-order chi connectivity index (χ1) is 31.6. The molecule has 66 heavy (non-hydrogen) atoms. The number of amides is 4. The van der Waals surface area contributed by atoms with Gasteiger partial charge in [-0.3, -0.25) is 28.8 Å². The van der Waals surface area contributed by atoms with Gasteiger partial charge in [0.05, 0.1) is 35.4 Å². The van der Waals surface area contributed by atoms with E-state index in [1.165, 1.54) is 68.8 Å². The fraction of sp³-hybridized carbons (Fsp3) is 0.200. The zero-order valence-corrected chi connectivity index (χ0v) is 39.2. The van der Waals surface area contributed by atoms with Gasteiger partial charge in [0, 0.05) is 52.5 Å². The van der Waals surface area contributed by atoms with Gasteiger partial charge < -0.3 is 30.7 Å². The molecule has 0 aliphatic heterocycles. The molecule has 0 aliphatic carbocycles. The standard InChI is InChI=1S/C45H39Cl5N8O8/c1-23(59)40(57-55-36-9-5-7-33(38(36)49)42(61)52-29-13-25(20-46)15-31(18-29)65-3)44(63)51-28-11-12-35(27(17-28)22-48)54-45(64)41(24(2)60)58-56-37-10-6-8-34(39(37)50)43(62)53-30-14-26(21-47)16-32(19-30)66-4/h5-19,40-41H,20-22H2,1-4H3,(H,51,63)(H,52,61)(H,53,62)(H,54,64). The number of ether oxygens (including phenoxy) is 2. The Labute approximate surface area is 403 Å². The van der Waals surface area contributed by atoms with E-state index in [1.54, 1.807) is 36.4 Å². The second-order valence-electron chi connectivity index (χ2n) is 14.0. The van der Waals surface area contributed by atoms with Crippen molar-refractivity contribution < 1.29 is 38.2 Å². The number of Topliss-reactive ketones (excluding diaryl/α,β-unsaturated/α-hetero) is 2. The average molecular weight is 997 g/mol. The summed E-state index contributed by atoms with van der Waals surface area (Å²) < 4.78 is 10.6. The van der Waals surface area contributed by atoms with E-state index in [0.29, 0.717) is 39.6 Å². The summed E-state index contributed by atoms with van der Waals surface area (Å²) in [6.07, 6.45) is 0. The number of methoxy groups -OCH3 is 2. The van der Waals surface area contributed by atoms with E-state index in [4.69, 9.17) is 67.5 Å². The van der Waals surface area contributed by atoms with Gasteiger partial charge in [0.25, 0.3) is 23.6 Å². The fourth-order valence-electron chi connectivity index (χ4n) is 5.99. The molecular weight excluding hydrogens is 958 g/mol. The van der Waals surface area contributed by atoms with Crippen molar-refractivity contribution in [2.24, 2.45) is 20.5 Å². The molecule has 0 radical (unpaired) electrons. The van der Waals surface area contributed by atoms with Crippen LogP contribution in [-0.2, 0) is 36.8 Å². The summed E-state index contributed by atoms with van der Waals surface area (Å²) in [5, 5.41) is 26.4. The van der Waals surface area contributed by atoms with Crippen LogP contribution in [0, 0.1) is 0 Å².